The summed E-state index contributed by atoms with van der Waals surface area (Å²) in [5, 5.41) is 7.65. The fraction of sp³-hybridized carbons (Fsp3) is 0.222. The lowest BCUT2D eigenvalue weighted by atomic mass is 10.1. The van der Waals surface area contributed by atoms with Crippen LogP contribution in [0, 0.1) is 0 Å². The van der Waals surface area contributed by atoms with Gasteiger partial charge in [-0.15, -0.1) is 0 Å². The second-order valence-corrected chi connectivity index (χ2v) is 7.20. The van der Waals surface area contributed by atoms with Crippen LogP contribution in [-0.4, -0.2) is 33.5 Å². The number of hydrogen-bond donors (Lipinski definition) is 2. The van der Waals surface area contributed by atoms with E-state index in [1.165, 1.54) is 31.2 Å². The number of primary sulfonamides is 1. The maximum absolute atomic E-state index is 11.8. The molecule has 0 aliphatic carbocycles. The van der Waals surface area contributed by atoms with Crippen molar-refractivity contribution in [1.29, 1.82) is 0 Å². The van der Waals surface area contributed by atoms with E-state index in [0.29, 0.717) is 11.4 Å². The number of benzene rings is 2. The van der Waals surface area contributed by atoms with Crippen LogP contribution in [0.25, 0.3) is 0 Å². The van der Waals surface area contributed by atoms with Gasteiger partial charge in [-0.05, 0) is 42.0 Å². The van der Waals surface area contributed by atoms with Crippen molar-refractivity contribution in [2.75, 3.05) is 18.5 Å². The maximum atomic E-state index is 11.8. The van der Waals surface area contributed by atoms with Crippen LogP contribution < -0.4 is 15.2 Å². The molecule has 2 rings (SSSR count). The van der Waals surface area contributed by atoms with E-state index in [2.05, 4.69) is 5.32 Å². The molecule has 144 valence electrons. The van der Waals surface area contributed by atoms with Crippen LogP contribution in [0.1, 0.15) is 12.5 Å². The number of nitrogens with two attached hydrogens (primary N) is 1. The Hall–Kier alpha value is -2.91. The fourth-order valence-electron chi connectivity index (χ4n) is 2.17. The van der Waals surface area contributed by atoms with Crippen LogP contribution in [0.5, 0.6) is 5.75 Å². The smallest absolute Gasteiger partial charge is 0.310 e. The molecule has 0 aliphatic heterocycles. The largest absolute Gasteiger partial charge is 0.490 e. The Morgan fingerprint density at radius 3 is 2.19 bits per heavy atom. The highest BCUT2D eigenvalue weighted by Crippen LogP contribution is 2.15. The molecule has 0 heterocycles. The molecule has 9 heteroatoms. The number of hydrogen-bond acceptors (Lipinski definition) is 6. The highest BCUT2D eigenvalue weighted by molar-refractivity contribution is 7.89. The van der Waals surface area contributed by atoms with E-state index in [-0.39, 0.29) is 30.4 Å². The summed E-state index contributed by atoms with van der Waals surface area (Å²) in [6.45, 7) is 1.60. The summed E-state index contributed by atoms with van der Waals surface area (Å²) in [6, 6.07) is 12.5. The second kappa shape index (κ2) is 9.15. The van der Waals surface area contributed by atoms with Crippen molar-refractivity contribution in [2.24, 2.45) is 5.14 Å². The van der Waals surface area contributed by atoms with Crippen LogP contribution in [0.15, 0.2) is 53.4 Å². The topological polar surface area (TPSA) is 125 Å². The fourth-order valence-corrected chi connectivity index (χ4v) is 2.68. The zero-order valence-electron chi connectivity index (χ0n) is 14.7. The third kappa shape index (κ3) is 7.08. The van der Waals surface area contributed by atoms with Gasteiger partial charge in [0.25, 0.3) is 0 Å². The van der Waals surface area contributed by atoms with Crippen molar-refractivity contribution < 1.29 is 27.5 Å². The minimum Gasteiger partial charge on any atom is -0.490 e. The number of carbonyl (C=O) groups excluding carboxylic acids is 2. The first-order chi connectivity index (χ1) is 12.7. The number of sulfonamides is 1. The van der Waals surface area contributed by atoms with Crippen LogP contribution in [-0.2, 0) is 30.8 Å². The molecule has 0 unspecified atom stereocenters. The quantitative estimate of drug-likeness (QED) is 0.517. The summed E-state index contributed by atoms with van der Waals surface area (Å²) in [4.78, 5) is 22.8. The third-order valence-corrected chi connectivity index (χ3v) is 4.32. The Morgan fingerprint density at radius 2 is 1.63 bits per heavy atom. The van der Waals surface area contributed by atoms with Gasteiger partial charge in [0.05, 0.1) is 11.3 Å². The lowest BCUT2D eigenvalue weighted by Gasteiger charge is -2.08. The molecule has 0 saturated carbocycles. The van der Waals surface area contributed by atoms with Gasteiger partial charge >= 0.3 is 5.97 Å². The van der Waals surface area contributed by atoms with Gasteiger partial charge in [-0.2, -0.15) is 0 Å². The van der Waals surface area contributed by atoms with Gasteiger partial charge in [0.2, 0.25) is 15.9 Å². The number of rotatable bonds is 8. The van der Waals surface area contributed by atoms with Gasteiger partial charge in [0, 0.05) is 12.6 Å². The summed E-state index contributed by atoms with van der Waals surface area (Å²) in [5.74, 6) is -0.135. The average Bonchev–Trinajstić information content (AvgIpc) is 2.60. The first-order valence-electron chi connectivity index (χ1n) is 8.02. The first kappa shape index (κ1) is 20.4. The molecule has 8 nitrogen and oxygen atoms in total. The van der Waals surface area contributed by atoms with Crippen LogP contribution in [0.4, 0.5) is 5.69 Å². The predicted octanol–water partition coefficient (Wildman–Crippen LogP) is 1.46. The second-order valence-electron chi connectivity index (χ2n) is 5.64. The molecule has 3 N–H and O–H groups in total. The number of anilines is 1. The lowest BCUT2D eigenvalue weighted by molar-refractivity contribution is -0.143. The SMILES string of the molecule is CC(=O)Nc1ccc(CC(=O)OCCOc2ccc(S(N)(=O)=O)cc2)cc1. The molecule has 0 bridgehead atoms. The first-order valence-corrected chi connectivity index (χ1v) is 9.56. The van der Waals surface area contributed by atoms with Gasteiger partial charge in [0.15, 0.2) is 0 Å². The van der Waals surface area contributed by atoms with E-state index in [0.717, 1.165) is 5.56 Å². The van der Waals surface area contributed by atoms with E-state index in [1.807, 2.05) is 0 Å². The van der Waals surface area contributed by atoms with Crippen molar-refractivity contribution >= 4 is 27.6 Å². The van der Waals surface area contributed by atoms with Gasteiger partial charge < -0.3 is 14.8 Å². The molecule has 27 heavy (non-hydrogen) atoms. The highest BCUT2D eigenvalue weighted by Gasteiger charge is 2.08. The monoisotopic (exact) mass is 392 g/mol. The number of amides is 1. The van der Waals surface area contributed by atoms with Crippen molar-refractivity contribution in [3.05, 3.63) is 54.1 Å². The molecule has 0 aliphatic rings. The number of esters is 1. The summed E-state index contributed by atoms with van der Waals surface area (Å²) in [7, 11) is -3.74. The van der Waals surface area contributed by atoms with Crippen LogP contribution >= 0.6 is 0 Å². The Bertz CT molecular complexity index is 892. The number of ether oxygens (including phenoxy) is 2. The molecular weight excluding hydrogens is 372 g/mol. The molecule has 0 saturated heterocycles. The Balaban J connectivity index is 1.72. The molecule has 2 aromatic rings. The standard InChI is InChI=1S/C18H20N2O6S/c1-13(21)20-15-4-2-14(3-5-15)12-18(22)26-11-10-25-16-6-8-17(9-7-16)27(19,23)24/h2-9H,10-12H2,1H3,(H,20,21)(H2,19,23,24). The molecule has 0 fully saturated rings. The van der Waals surface area contributed by atoms with Crippen molar-refractivity contribution in [3.8, 4) is 5.75 Å². The highest BCUT2D eigenvalue weighted by atomic mass is 32.2. The zero-order chi connectivity index (χ0) is 19.9. The number of nitrogens with one attached hydrogen (secondary N) is 1. The van der Waals surface area contributed by atoms with E-state index in [9.17, 15) is 18.0 Å². The Morgan fingerprint density at radius 1 is 1.00 bits per heavy atom. The molecule has 0 aromatic heterocycles. The maximum Gasteiger partial charge on any atom is 0.310 e. The zero-order valence-corrected chi connectivity index (χ0v) is 15.5. The molecular formula is C18H20N2O6S. The van der Waals surface area contributed by atoms with Crippen molar-refractivity contribution in [2.45, 2.75) is 18.2 Å². The van der Waals surface area contributed by atoms with Crippen molar-refractivity contribution in [3.63, 3.8) is 0 Å². The summed E-state index contributed by atoms with van der Waals surface area (Å²) < 4.78 is 32.8. The number of carbonyl (C=O) groups is 2. The minimum atomic E-state index is -3.74. The van der Waals surface area contributed by atoms with E-state index >= 15 is 0 Å². The van der Waals surface area contributed by atoms with Gasteiger partial charge in [-0.1, -0.05) is 12.1 Å². The van der Waals surface area contributed by atoms with Gasteiger partial charge in [0.1, 0.15) is 19.0 Å². The molecule has 0 atom stereocenters. The molecule has 1 amide bonds. The average molecular weight is 392 g/mol. The normalized spacial score (nSPS) is 10.9. The Kier molecular flexibility index (Phi) is 6.91. The lowest BCUT2D eigenvalue weighted by Crippen LogP contribution is -2.14. The molecule has 2 aromatic carbocycles. The van der Waals surface area contributed by atoms with Crippen LogP contribution in [0.2, 0.25) is 0 Å². The summed E-state index contributed by atoms with van der Waals surface area (Å²) in [6.07, 6.45) is 0.101. The van der Waals surface area contributed by atoms with Gasteiger partial charge in [-0.3, -0.25) is 9.59 Å². The molecule has 0 spiro atoms. The van der Waals surface area contributed by atoms with Gasteiger partial charge in [-0.25, -0.2) is 13.6 Å². The Labute approximate surface area is 157 Å². The van der Waals surface area contributed by atoms with Crippen LogP contribution in [0.3, 0.4) is 0 Å². The summed E-state index contributed by atoms with van der Waals surface area (Å²) >= 11 is 0. The van der Waals surface area contributed by atoms with Crippen molar-refractivity contribution in [1.82, 2.24) is 0 Å². The van der Waals surface area contributed by atoms with E-state index in [1.54, 1.807) is 24.3 Å². The van der Waals surface area contributed by atoms with E-state index < -0.39 is 16.0 Å². The third-order valence-electron chi connectivity index (χ3n) is 3.39. The minimum absolute atomic E-state index is 0.00852. The molecule has 0 radical (unpaired) electrons. The van der Waals surface area contributed by atoms with E-state index in [4.69, 9.17) is 14.6 Å². The summed E-state index contributed by atoms with van der Waals surface area (Å²) in [5.41, 5.74) is 1.41. The predicted molar refractivity (Wildman–Crippen MR) is 98.7 cm³/mol.